The van der Waals surface area contributed by atoms with Crippen LogP contribution in [0.5, 0.6) is 0 Å². The van der Waals surface area contributed by atoms with E-state index >= 15 is 0 Å². The van der Waals surface area contributed by atoms with E-state index in [0.29, 0.717) is 15.6 Å². The number of carbonyl (C=O) groups excluding carboxylic acids is 1. The summed E-state index contributed by atoms with van der Waals surface area (Å²) in [7, 11) is 0. The molecule has 2 aromatic carbocycles. The standard InChI is InChI=1S/C15H14Cl2N2O/c1-9-4-2-3-5-13(9)19-14(15(18)20)11-7-6-10(16)8-12(11)17/h2-8,14,19H,1H3,(H2,18,20). The number of amides is 1. The van der Waals surface area contributed by atoms with Crippen LogP contribution in [0.15, 0.2) is 42.5 Å². The van der Waals surface area contributed by atoms with E-state index in [9.17, 15) is 4.79 Å². The third-order valence-electron chi connectivity index (χ3n) is 3.00. The molecular formula is C15H14Cl2N2O. The van der Waals surface area contributed by atoms with Crippen LogP contribution in [0.3, 0.4) is 0 Å². The highest BCUT2D eigenvalue weighted by atomic mass is 35.5. The molecule has 3 N–H and O–H groups in total. The predicted molar refractivity (Wildman–Crippen MR) is 83.2 cm³/mol. The first-order valence-electron chi connectivity index (χ1n) is 6.05. The lowest BCUT2D eigenvalue weighted by Gasteiger charge is -2.19. The van der Waals surface area contributed by atoms with Crippen LogP contribution in [-0.4, -0.2) is 5.91 Å². The second kappa shape index (κ2) is 6.16. The number of primary amides is 1. The fraction of sp³-hybridized carbons (Fsp3) is 0.133. The van der Waals surface area contributed by atoms with Crippen LogP contribution in [0, 0.1) is 6.92 Å². The number of nitrogens with two attached hydrogens (primary N) is 1. The third kappa shape index (κ3) is 3.24. The number of nitrogens with one attached hydrogen (secondary N) is 1. The molecule has 0 aliphatic heterocycles. The first kappa shape index (κ1) is 14.7. The van der Waals surface area contributed by atoms with Crippen LogP contribution in [-0.2, 0) is 4.79 Å². The molecule has 2 aromatic rings. The topological polar surface area (TPSA) is 55.1 Å². The van der Waals surface area contributed by atoms with Crippen molar-refractivity contribution in [1.82, 2.24) is 0 Å². The molecule has 20 heavy (non-hydrogen) atoms. The molecule has 0 fully saturated rings. The number of benzene rings is 2. The van der Waals surface area contributed by atoms with Crippen LogP contribution in [0.4, 0.5) is 5.69 Å². The summed E-state index contributed by atoms with van der Waals surface area (Å²) < 4.78 is 0. The number of anilines is 1. The largest absolute Gasteiger partial charge is 0.370 e. The molecule has 0 radical (unpaired) electrons. The van der Waals surface area contributed by atoms with Crippen molar-refractivity contribution in [2.75, 3.05) is 5.32 Å². The summed E-state index contributed by atoms with van der Waals surface area (Å²) in [6.07, 6.45) is 0. The molecule has 1 atom stereocenters. The van der Waals surface area contributed by atoms with Gasteiger partial charge in [-0.15, -0.1) is 0 Å². The molecule has 2 rings (SSSR count). The minimum absolute atomic E-state index is 0.405. The average molecular weight is 309 g/mol. The monoisotopic (exact) mass is 308 g/mol. The molecule has 0 spiro atoms. The highest BCUT2D eigenvalue weighted by molar-refractivity contribution is 6.35. The van der Waals surface area contributed by atoms with Gasteiger partial charge in [0.2, 0.25) is 5.91 Å². The van der Waals surface area contributed by atoms with Gasteiger partial charge in [-0.2, -0.15) is 0 Å². The Kier molecular flexibility index (Phi) is 4.53. The highest BCUT2D eigenvalue weighted by Gasteiger charge is 2.21. The normalized spacial score (nSPS) is 11.9. The molecule has 0 heterocycles. The third-order valence-corrected chi connectivity index (χ3v) is 3.57. The summed E-state index contributed by atoms with van der Waals surface area (Å²) in [5.74, 6) is -0.502. The van der Waals surface area contributed by atoms with Gasteiger partial charge in [-0.05, 0) is 30.7 Å². The predicted octanol–water partition coefficient (Wildman–Crippen LogP) is 3.94. The molecule has 0 aliphatic carbocycles. The maximum atomic E-state index is 11.7. The van der Waals surface area contributed by atoms with Crippen molar-refractivity contribution in [3.05, 3.63) is 63.6 Å². The van der Waals surface area contributed by atoms with Crippen molar-refractivity contribution in [2.24, 2.45) is 5.73 Å². The SMILES string of the molecule is Cc1ccccc1NC(C(N)=O)c1ccc(Cl)cc1Cl. The molecule has 5 heteroatoms. The smallest absolute Gasteiger partial charge is 0.244 e. The Bertz CT molecular complexity index is 644. The van der Waals surface area contributed by atoms with Gasteiger partial charge in [-0.1, -0.05) is 47.5 Å². The Morgan fingerprint density at radius 2 is 1.90 bits per heavy atom. The van der Waals surface area contributed by atoms with Crippen LogP contribution in [0.25, 0.3) is 0 Å². The van der Waals surface area contributed by atoms with Crippen molar-refractivity contribution in [1.29, 1.82) is 0 Å². The van der Waals surface area contributed by atoms with E-state index in [-0.39, 0.29) is 0 Å². The number of aryl methyl sites for hydroxylation is 1. The Labute approximate surface area is 127 Å². The quantitative estimate of drug-likeness (QED) is 0.899. The molecule has 0 aromatic heterocycles. The van der Waals surface area contributed by atoms with Gasteiger partial charge in [0.1, 0.15) is 6.04 Å². The molecule has 0 aliphatic rings. The Morgan fingerprint density at radius 3 is 2.50 bits per heavy atom. The number of rotatable bonds is 4. The minimum Gasteiger partial charge on any atom is -0.370 e. The zero-order valence-electron chi connectivity index (χ0n) is 10.9. The molecule has 0 saturated heterocycles. The van der Waals surface area contributed by atoms with Crippen molar-refractivity contribution in [2.45, 2.75) is 13.0 Å². The van der Waals surface area contributed by atoms with Gasteiger partial charge in [-0.25, -0.2) is 0 Å². The summed E-state index contributed by atoms with van der Waals surface area (Å²) in [6.45, 7) is 1.95. The van der Waals surface area contributed by atoms with Gasteiger partial charge < -0.3 is 11.1 Å². The van der Waals surface area contributed by atoms with Crippen molar-refractivity contribution in [3.8, 4) is 0 Å². The minimum atomic E-state index is -0.708. The number of para-hydroxylation sites is 1. The Morgan fingerprint density at radius 1 is 1.20 bits per heavy atom. The lowest BCUT2D eigenvalue weighted by Crippen LogP contribution is -2.28. The molecule has 3 nitrogen and oxygen atoms in total. The maximum absolute atomic E-state index is 11.7. The second-order valence-electron chi connectivity index (χ2n) is 4.46. The number of halogens is 2. The van der Waals surface area contributed by atoms with E-state index in [1.165, 1.54) is 0 Å². The molecule has 1 unspecified atom stereocenters. The van der Waals surface area contributed by atoms with Crippen LogP contribution >= 0.6 is 23.2 Å². The van der Waals surface area contributed by atoms with E-state index in [4.69, 9.17) is 28.9 Å². The Hall–Kier alpha value is -1.71. The van der Waals surface area contributed by atoms with Crippen LogP contribution in [0.1, 0.15) is 17.2 Å². The molecule has 1 amide bonds. The Balaban J connectivity index is 2.37. The van der Waals surface area contributed by atoms with E-state index in [2.05, 4.69) is 5.32 Å². The number of hydrogen-bond donors (Lipinski definition) is 2. The summed E-state index contributed by atoms with van der Waals surface area (Å²) in [5.41, 5.74) is 7.94. The fourth-order valence-electron chi connectivity index (χ4n) is 1.93. The zero-order chi connectivity index (χ0) is 14.7. The maximum Gasteiger partial charge on any atom is 0.244 e. The van der Waals surface area contributed by atoms with Crippen molar-refractivity contribution in [3.63, 3.8) is 0 Å². The van der Waals surface area contributed by atoms with E-state index in [1.807, 2.05) is 31.2 Å². The first-order chi connectivity index (χ1) is 9.49. The lowest BCUT2D eigenvalue weighted by atomic mass is 10.0. The summed E-state index contributed by atoms with van der Waals surface area (Å²) in [6, 6.07) is 11.9. The zero-order valence-corrected chi connectivity index (χ0v) is 12.4. The summed E-state index contributed by atoms with van der Waals surface area (Å²) in [5, 5.41) is 4.04. The van der Waals surface area contributed by atoms with Crippen molar-refractivity contribution < 1.29 is 4.79 Å². The highest BCUT2D eigenvalue weighted by Crippen LogP contribution is 2.29. The molecule has 0 saturated carbocycles. The lowest BCUT2D eigenvalue weighted by molar-refractivity contribution is -0.118. The van der Waals surface area contributed by atoms with E-state index in [1.54, 1.807) is 18.2 Å². The van der Waals surface area contributed by atoms with Gasteiger partial charge >= 0.3 is 0 Å². The van der Waals surface area contributed by atoms with Gasteiger partial charge in [-0.3, -0.25) is 4.79 Å². The van der Waals surface area contributed by atoms with E-state index in [0.717, 1.165) is 11.3 Å². The van der Waals surface area contributed by atoms with Gasteiger partial charge in [0, 0.05) is 21.3 Å². The van der Waals surface area contributed by atoms with E-state index < -0.39 is 11.9 Å². The number of carbonyl (C=O) groups is 1. The second-order valence-corrected chi connectivity index (χ2v) is 5.30. The molecule has 104 valence electrons. The van der Waals surface area contributed by atoms with Gasteiger partial charge in [0.15, 0.2) is 0 Å². The molecule has 0 bridgehead atoms. The average Bonchev–Trinajstić information content (AvgIpc) is 2.38. The fourth-order valence-corrected chi connectivity index (χ4v) is 2.45. The van der Waals surface area contributed by atoms with Crippen molar-refractivity contribution >= 4 is 34.8 Å². The summed E-state index contributed by atoms with van der Waals surface area (Å²) >= 11 is 12.0. The number of hydrogen-bond acceptors (Lipinski definition) is 2. The van der Waals surface area contributed by atoms with Crippen LogP contribution < -0.4 is 11.1 Å². The molecular weight excluding hydrogens is 295 g/mol. The van der Waals surface area contributed by atoms with Gasteiger partial charge in [0.25, 0.3) is 0 Å². The first-order valence-corrected chi connectivity index (χ1v) is 6.81. The van der Waals surface area contributed by atoms with Gasteiger partial charge in [0.05, 0.1) is 0 Å². The van der Waals surface area contributed by atoms with Crippen LogP contribution in [0.2, 0.25) is 10.0 Å². The summed E-state index contributed by atoms with van der Waals surface area (Å²) in [4.78, 5) is 11.7.